The molecule has 0 spiro atoms. The number of nitrogens with zero attached hydrogens (tertiary/aromatic N) is 1. The Bertz CT molecular complexity index is 621. The van der Waals surface area contributed by atoms with Crippen molar-refractivity contribution in [2.45, 2.75) is 19.3 Å². The predicted molar refractivity (Wildman–Crippen MR) is 82.3 cm³/mol. The van der Waals surface area contributed by atoms with E-state index in [1.165, 1.54) is 5.56 Å². The molecule has 0 aromatic heterocycles. The van der Waals surface area contributed by atoms with Crippen molar-refractivity contribution in [2.24, 2.45) is 0 Å². The Kier molecular flexibility index (Phi) is 3.75. The van der Waals surface area contributed by atoms with Crippen LogP contribution in [0.25, 0.3) is 0 Å². The zero-order chi connectivity index (χ0) is 13.9. The molecule has 3 heteroatoms. The maximum absolute atomic E-state index is 12.5. The van der Waals surface area contributed by atoms with Gasteiger partial charge in [-0.1, -0.05) is 41.9 Å². The fourth-order valence-corrected chi connectivity index (χ4v) is 2.79. The van der Waals surface area contributed by atoms with Crippen LogP contribution in [0.5, 0.6) is 0 Å². The van der Waals surface area contributed by atoms with E-state index in [0.717, 1.165) is 30.6 Å². The fourth-order valence-electron chi connectivity index (χ4n) is 2.66. The minimum Gasteiger partial charge on any atom is -0.312 e. The molecule has 0 fully saturated rings. The van der Waals surface area contributed by atoms with Crippen molar-refractivity contribution in [1.82, 2.24) is 0 Å². The molecule has 20 heavy (non-hydrogen) atoms. The van der Waals surface area contributed by atoms with E-state index >= 15 is 0 Å². The Labute approximate surface area is 124 Å². The van der Waals surface area contributed by atoms with E-state index in [-0.39, 0.29) is 5.91 Å². The number of hydrogen-bond acceptors (Lipinski definition) is 1. The highest BCUT2D eigenvalue weighted by Gasteiger charge is 2.21. The number of rotatable bonds is 2. The number of halogens is 1. The molecule has 0 unspecified atom stereocenters. The fraction of sp³-hybridized carbons (Fsp3) is 0.235. The molecule has 3 rings (SSSR count). The van der Waals surface area contributed by atoms with E-state index < -0.39 is 0 Å². The average molecular weight is 286 g/mol. The molecule has 1 aliphatic heterocycles. The summed E-state index contributed by atoms with van der Waals surface area (Å²) in [6.45, 7) is 0.809. The van der Waals surface area contributed by atoms with Crippen molar-refractivity contribution in [3.8, 4) is 0 Å². The molecule has 1 aliphatic rings. The Morgan fingerprint density at radius 1 is 1.10 bits per heavy atom. The molecule has 2 aromatic rings. The first-order chi connectivity index (χ1) is 9.74. The molecule has 2 nitrogen and oxygen atoms in total. The Morgan fingerprint density at radius 2 is 1.85 bits per heavy atom. The van der Waals surface area contributed by atoms with Crippen LogP contribution in [0.1, 0.15) is 17.5 Å². The summed E-state index contributed by atoms with van der Waals surface area (Å²) in [5.41, 5.74) is 3.34. The summed E-state index contributed by atoms with van der Waals surface area (Å²) in [7, 11) is 0. The van der Waals surface area contributed by atoms with Crippen LogP contribution < -0.4 is 4.90 Å². The summed E-state index contributed by atoms with van der Waals surface area (Å²) in [6.07, 6.45) is 2.51. The largest absolute Gasteiger partial charge is 0.312 e. The van der Waals surface area contributed by atoms with Gasteiger partial charge in [-0.25, -0.2) is 0 Å². The SMILES string of the molecule is O=C(Cc1ccc(Cl)cc1)N1CCCc2ccccc21. The maximum Gasteiger partial charge on any atom is 0.231 e. The minimum atomic E-state index is 0.152. The van der Waals surface area contributed by atoms with E-state index in [9.17, 15) is 4.79 Å². The van der Waals surface area contributed by atoms with Gasteiger partial charge in [-0.05, 0) is 42.2 Å². The summed E-state index contributed by atoms with van der Waals surface area (Å²) < 4.78 is 0. The van der Waals surface area contributed by atoms with E-state index in [4.69, 9.17) is 11.6 Å². The molecule has 0 bridgehead atoms. The second-order valence-corrected chi connectivity index (χ2v) is 5.52. The van der Waals surface area contributed by atoms with E-state index in [1.54, 1.807) is 0 Å². The second-order valence-electron chi connectivity index (χ2n) is 5.08. The van der Waals surface area contributed by atoms with Crippen molar-refractivity contribution >= 4 is 23.2 Å². The molecular formula is C17H16ClNO. The number of carbonyl (C=O) groups is 1. The smallest absolute Gasteiger partial charge is 0.231 e. The van der Waals surface area contributed by atoms with Gasteiger partial charge in [-0.2, -0.15) is 0 Å². The number of benzene rings is 2. The molecule has 0 radical (unpaired) electrons. The van der Waals surface area contributed by atoms with Crippen molar-refractivity contribution in [3.05, 3.63) is 64.7 Å². The third-order valence-electron chi connectivity index (χ3n) is 3.68. The quantitative estimate of drug-likeness (QED) is 0.820. The molecule has 1 amide bonds. The number of anilines is 1. The second kappa shape index (κ2) is 5.68. The third-order valence-corrected chi connectivity index (χ3v) is 3.93. The highest BCUT2D eigenvalue weighted by atomic mass is 35.5. The van der Waals surface area contributed by atoms with Gasteiger partial charge >= 0.3 is 0 Å². The summed E-state index contributed by atoms with van der Waals surface area (Å²) in [5, 5.41) is 0.699. The van der Waals surface area contributed by atoms with Crippen molar-refractivity contribution in [1.29, 1.82) is 0 Å². The lowest BCUT2D eigenvalue weighted by atomic mass is 10.0. The Morgan fingerprint density at radius 3 is 2.65 bits per heavy atom. The van der Waals surface area contributed by atoms with Crippen LogP contribution in [0, 0.1) is 0 Å². The van der Waals surface area contributed by atoms with Gasteiger partial charge in [0.25, 0.3) is 0 Å². The number of para-hydroxylation sites is 1. The lowest BCUT2D eigenvalue weighted by Crippen LogP contribution is -2.36. The topological polar surface area (TPSA) is 20.3 Å². The molecule has 2 aromatic carbocycles. The number of carbonyl (C=O) groups excluding carboxylic acids is 1. The molecule has 0 saturated carbocycles. The number of amides is 1. The molecule has 0 saturated heterocycles. The standard InChI is InChI=1S/C17H16ClNO/c18-15-9-7-13(8-10-15)12-17(20)19-11-3-5-14-4-1-2-6-16(14)19/h1-2,4,6-10H,3,5,11-12H2. The first-order valence-corrected chi connectivity index (χ1v) is 7.24. The van der Waals surface area contributed by atoms with Crippen LogP contribution in [0.4, 0.5) is 5.69 Å². The first kappa shape index (κ1) is 13.2. The molecule has 1 heterocycles. The summed E-state index contributed by atoms with van der Waals surface area (Å²) >= 11 is 5.87. The average Bonchev–Trinajstić information content (AvgIpc) is 2.49. The zero-order valence-corrected chi connectivity index (χ0v) is 11.9. The molecule has 0 aliphatic carbocycles. The molecular weight excluding hydrogens is 270 g/mol. The van der Waals surface area contributed by atoms with Crippen LogP contribution in [0.15, 0.2) is 48.5 Å². The predicted octanol–water partition coefficient (Wildman–Crippen LogP) is 3.86. The molecule has 0 N–H and O–H groups in total. The summed E-state index contributed by atoms with van der Waals surface area (Å²) in [4.78, 5) is 14.4. The zero-order valence-electron chi connectivity index (χ0n) is 11.2. The van der Waals surface area contributed by atoms with Gasteiger partial charge in [0, 0.05) is 17.3 Å². The van der Waals surface area contributed by atoms with Crippen LogP contribution in [-0.2, 0) is 17.6 Å². The van der Waals surface area contributed by atoms with Gasteiger partial charge in [-0.3, -0.25) is 4.79 Å². The van der Waals surface area contributed by atoms with Gasteiger partial charge in [0.05, 0.1) is 6.42 Å². The first-order valence-electron chi connectivity index (χ1n) is 6.87. The van der Waals surface area contributed by atoms with Crippen molar-refractivity contribution in [2.75, 3.05) is 11.4 Å². The normalized spacial score (nSPS) is 13.9. The van der Waals surface area contributed by atoms with Gasteiger partial charge in [0.15, 0.2) is 0 Å². The van der Waals surface area contributed by atoms with Crippen LogP contribution in [0.3, 0.4) is 0 Å². The van der Waals surface area contributed by atoms with E-state index in [2.05, 4.69) is 6.07 Å². The lowest BCUT2D eigenvalue weighted by Gasteiger charge is -2.29. The molecule has 102 valence electrons. The number of aryl methyl sites for hydroxylation is 1. The number of hydrogen-bond donors (Lipinski definition) is 0. The van der Waals surface area contributed by atoms with Crippen LogP contribution >= 0.6 is 11.6 Å². The van der Waals surface area contributed by atoms with Crippen molar-refractivity contribution < 1.29 is 4.79 Å². The molecule has 0 atom stereocenters. The minimum absolute atomic E-state index is 0.152. The highest BCUT2D eigenvalue weighted by Crippen LogP contribution is 2.27. The van der Waals surface area contributed by atoms with Gasteiger partial charge in [-0.15, -0.1) is 0 Å². The summed E-state index contributed by atoms with van der Waals surface area (Å²) in [6, 6.07) is 15.7. The third kappa shape index (κ3) is 2.70. The number of fused-ring (bicyclic) bond motifs is 1. The van der Waals surface area contributed by atoms with Crippen LogP contribution in [0.2, 0.25) is 5.02 Å². The Hall–Kier alpha value is -1.80. The maximum atomic E-state index is 12.5. The highest BCUT2D eigenvalue weighted by molar-refractivity contribution is 6.30. The van der Waals surface area contributed by atoms with E-state index in [0.29, 0.717) is 11.4 Å². The lowest BCUT2D eigenvalue weighted by molar-refractivity contribution is -0.118. The van der Waals surface area contributed by atoms with Crippen molar-refractivity contribution in [3.63, 3.8) is 0 Å². The summed E-state index contributed by atoms with van der Waals surface area (Å²) in [5.74, 6) is 0.152. The van der Waals surface area contributed by atoms with Crippen LogP contribution in [-0.4, -0.2) is 12.5 Å². The van der Waals surface area contributed by atoms with Gasteiger partial charge < -0.3 is 4.90 Å². The Balaban J connectivity index is 1.80. The van der Waals surface area contributed by atoms with E-state index in [1.807, 2.05) is 47.4 Å². The monoisotopic (exact) mass is 285 g/mol. The van der Waals surface area contributed by atoms with Gasteiger partial charge in [0.1, 0.15) is 0 Å². The van der Waals surface area contributed by atoms with Gasteiger partial charge in [0.2, 0.25) is 5.91 Å².